The minimum absolute atomic E-state index is 0.176. The number of para-hydroxylation sites is 2. The molecular weight excluding hydrogens is 911 g/mol. The Balaban J connectivity index is 0.842. The van der Waals surface area contributed by atoms with Crippen molar-refractivity contribution in [2.75, 3.05) is 4.90 Å². The quantitative estimate of drug-likeness (QED) is 0.176. The average Bonchev–Trinajstić information content (AvgIpc) is 4.40. The third kappa shape index (κ3) is 5.50. The molecule has 0 radical (unpaired) electrons. The molecule has 0 saturated carbocycles. The number of rotatable bonds is 4. The Morgan fingerprint density at radius 1 is 0.280 bits per heavy atom. The van der Waals surface area contributed by atoms with Crippen molar-refractivity contribution < 1.29 is 8.83 Å². The highest BCUT2D eigenvalue weighted by atomic mass is 16.3. The number of fused-ring (bicyclic) bond motifs is 20. The van der Waals surface area contributed by atoms with Gasteiger partial charge in [-0.3, -0.25) is 0 Å². The van der Waals surface area contributed by atoms with Crippen LogP contribution in [0.4, 0.5) is 17.1 Å². The van der Waals surface area contributed by atoms with Gasteiger partial charge in [-0.1, -0.05) is 159 Å². The van der Waals surface area contributed by atoms with Crippen LogP contribution in [0, 0.1) is 0 Å². The molecule has 0 spiro atoms. The van der Waals surface area contributed by atoms with Crippen molar-refractivity contribution in [3.8, 4) is 55.6 Å². The second-order valence-electron chi connectivity index (χ2n) is 24.0. The van der Waals surface area contributed by atoms with Gasteiger partial charge in [-0.2, -0.15) is 0 Å². The van der Waals surface area contributed by atoms with Gasteiger partial charge in [0.2, 0.25) is 0 Å². The Morgan fingerprint density at radius 2 is 0.653 bits per heavy atom. The summed E-state index contributed by atoms with van der Waals surface area (Å²) in [6, 6.07) is 70.5. The molecule has 10 aromatic carbocycles. The highest BCUT2D eigenvalue weighted by molar-refractivity contribution is 6.17. The molecule has 0 atom stereocenters. The lowest BCUT2D eigenvalue weighted by molar-refractivity contribution is 0.650. The van der Waals surface area contributed by atoms with Crippen molar-refractivity contribution >= 4 is 60.9 Å². The number of hydrogen-bond acceptors (Lipinski definition) is 3. The zero-order valence-electron chi connectivity index (χ0n) is 43.7. The van der Waals surface area contributed by atoms with Crippen molar-refractivity contribution in [2.24, 2.45) is 0 Å². The molecular formula is C72H55NO2. The normalized spacial score (nSPS) is 16.2. The standard InChI is InChI=1S/C72H55NO2/c1-69(2)53-30-32-63-67(47-18-12-14-20-61(47)74-63)65(53)51-38-57-49(36-59(51)69)45-28-26-43(34-55(45)71(57,5)6)73(42-24-22-41(23-25-42)40-16-10-9-11-17-40)44-27-29-46-50-37-60-52(39-58(50)72(7,8)56(46)35-44)66-54(70(60,3)4)31-33-64-68(66)48-19-13-15-21-62(48)75-64/h9-39H,1-8H3. The van der Waals surface area contributed by atoms with Gasteiger partial charge in [0.25, 0.3) is 0 Å². The maximum absolute atomic E-state index is 6.48. The number of nitrogens with zero attached hydrogens (tertiary/aromatic N) is 1. The lowest BCUT2D eigenvalue weighted by atomic mass is 9.79. The van der Waals surface area contributed by atoms with E-state index in [9.17, 15) is 0 Å². The smallest absolute Gasteiger partial charge is 0.136 e. The fourth-order valence-corrected chi connectivity index (χ4v) is 14.7. The van der Waals surface area contributed by atoms with Crippen molar-refractivity contribution in [1.82, 2.24) is 0 Å². The fourth-order valence-electron chi connectivity index (χ4n) is 14.7. The van der Waals surface area contributed by atoms with Crippen LogP contribution in [-0.4, -0.2) is 0 Å². The second kappa shape index (κ2) is 14.3. The van der Waals surface area contributed by atoms with Gasteiger partial charge >= 0.3 is 0 Å². The predicted molar refractivity (Wildman–Crippen MR) is 311 cm³/mol. The Bertz CT molecular complexity index is 4270. The first-order chi connectivity index (χ1) is 36.2. The van der Waals surface area contributed by atoms with E-state index in [1.165, 1.54) is 122 Å². The van der Waals surface area contributed by atoms with Crippen LogP contribution < -0.4 is 4.90 Å². The van der Waals surface area contributed by atoms with Gasteiger partial charge in [-0.25, -0.2) is 0 Å². The molecule has 4 aliphatic carbocycles. The van der Waals surface area contributed by atoms with E-state index in [1.54, 1.807) is 0 Å². The summed E-state index contributed by atoms with van der Waals surface area (Å²) in [7, 11) is 0. The van der Waals surface area contributed by atoms with Crippen LogP contribution in [0.2, 0.25) is 0 Å². The van der Waals surface area contributed by atoms with Crippen LogP contribution in [0.1, 0.15) is 99.9 Å². The lowest BCUT2D eigenvalue weighted by Crippen LogP contribution is -2.18. The van der Waals surface area contributed by atoms with Crippen LogP contribution >= 0.6 is 0 Å². The number of hydrogen-bond donors (Lipinski definition) is 0. The maximum Gasteiger partial charge on any atom is 0.136 e. The molecule has 0 unspecified atom stereocenters. The van der Waals surface area contributed by atoms with E-state index in [4.69, 9.17) is 8.83 Å². The molecule has 0 fully saturated rings. The van der Waals surface area contributed by atoms with E-state index in [-0.39, 0.29) is 21.7 Å². The van der Waals surface area contributed by atoms with Crippen molar-refractivity contribution in [3.63, 3.8) is 0 Å². The molecule has 0 aliphatic heterocycles. The Labute approximate surface area is 437 Å². The topological polar surface area (TPSA) is 29.5 Å². The summed E-state index contributed by atoms with van der Waals surface area (Å²) in [5.74, 6) is 0. The fraction of sp³-hybridized carbons (Fsp3) is 0.167. The lowest BCUT2D eigenvalue weighted by Gasteiger charge is -2.30. The SMILES string of the molecule is CC1(C)c2cc(N(c3ccc(-c4ccccc4)cc3)c3ccc4c(c3)C(C)(C)c3cc5c(cc3-4)C(C)(C)c3ccc4oc6ccccc6c4c3-5)ccc2-c2cc3c(cc21)-c1c(ccc2oc4ccccc4c12)C3(C)C. The Morgan fingerprint density at radius 3 is 1.13 bits per heavy atom. The highest BCUT2D eigenvalue weighted by Crippen LogP contribution is 2.61. The van der Waals surface area contributed by atoms with Crippen LogP contribution in [-0.2, 0) is 21.7 Å². The third-order valence-electron chi connectivity index (χ3n) is 18.7. The first kappa shape index (κ1) is 43.0. The van der Waals surface area contributed by atoms with Crippen LogP contribution in [0.15, 0.2) is 197 Å². The number of furan rings is 2. The first-order valence-electron chi connectivity index (χ1n) is 26.7. The van der Waals surface area contributed by atoms with Gasteiger partial charge < -0.3 is 13.7 Å². The molecule has 16 rings (SSSR count). The molecule has 12 aromatic rings. The molecule has 75 heavy (non-hydrogen) atoms. The van der Waals surface area contributed by atoms with Gasteiger partial charge in [0.05, 0.1) is 0 Å². The highest BCUT2D eigenvalue weighted by Gasteiger charge is 2.45. The second-order valence-corrected chi connectivity index (χ2v) is 24.0. The molecule has 360 valence electrons. The van der Waals surface area contributed by atoms with E-state index < -0.39 is 0 Å². The summed E-state index contributed by atoms with van der Waals surface area (Å²) in [5, 5.41) is 4.81. The van der Waals surface area contributed by atoms with Gasteiger partial charge in [-0.05, 0) is 185 Å². The van der Waals surface area contributed by atoms with Gasteiger partial charge in [0.15, 0.2) is 0 Å². The molecule has 0 N–H and O–H groups in total. The van der Waals surface area contributed by atoms with Gasteiger partial charge in [0.1, 0.15) is 22.3 Å². The monoisotopic (exact) mass is 965 g/mol. The van der Waals surface area contributed by atoms with E-state index in [2.05, 4.69) is 248 Å². The Hall–Kier alpha value is -8.40. The zero-order chi connectivity index (χ0) is 50.7. The summed E-state index contributed by atoms with van der Waals surface area (Å²) in [6.07, 6.45) is 0. The summed E-state index contributed by atoms with van der Waals surface area (Å²) in [5.41, 5.74) is 30.3. The molecule has 3 nitrogen and oxygen atoms in total. The largest absolute Gasteiger partial charge is 0.456 e. The number of anilines is 3. The summed E-state index contributed by atoms with van der Waals surface area (Å²) in [4.78, 5) is 2.49. The minimum Gasteiger partial charge on any atom is -0.456 e. The first-order valence-corrected chi connectivity index (χ1v) is 26.7. The Kier molecular flexibility index (Phi) is 8.18. The van der Waals surface area contributed by atoms with Crippen LogP contribution in [0.25, 0.3) is 99.5 Å². The van der Waals surface area contributed by atoms with Crippen LogP contribution in [0.3, 0.4) is 0 Å². The van der Waals surface area contributed by atoms with E-state index >= 15 is 0 Å². The van der Waals surface area contributed by atoms with E-state index in [0.29, 0.717) is 0 Å². The summed E-state index contributed by atoms with van der Waals surface area (Å²) < 4.78 is 13.0. The van der Waals surface area contributed by atoms with Crippen molar-refractivity contribution in [1.29, 1.82) is 0 Å². The van der Waals surface area contributed by atoms with Crippen molar-refractivity contribution in [2.45, 2.75) is 77.0 Å². The average molecular weight is 966 g/mol. The summed E-state index contributed by atoms with van der Waals surface area (Å²) in [6.45, 7) is 19.3. The molecule has 0 bridgehead atoms. The molecule has 3 heteroatoms. The zero-order valence-corrected chi connectivity index (χ0v) is 43.7. The van der Waals surface area contributed by atoms with E-state index in [1.807, 2.05) is 0 Å². The van der Waals surface area contributed by atoms with Crippen molar-refractivity contribution in [3.05, 3.63) is 233 Å². The molecule has 0 saturated heterocycles. The van der Waals surface area contributed by atoms with Gasteiger partial charge in [0, 0.05) is 60.3 Å². The molecule has 2 heterocycles. The molecule has 0 amide bonds. The molecule has 2 aromatic heterocycles. The maximum atomic E-state index is 6.48. The molecule has 4 aliphatic rings. The predicted octanol–water partition coefficient (Wildman–Crippen LogP) is 19.8. The van der Waals surface area contributed by atoms with Crippen LogP contribution in [0.5, 0.6) is 0 Å². The summed E-state index contributed by atoms with van der Waals surface area (Å²) >= 11 is 0. The third-order valence-corrected chi connectivity index (χ3v) is 18.7. The minimum atomic E-state index is -0.263. The number of benzene rings is 10. The van der Waals surface area contributed by atoms with E-state index in [0.717, 1.165) is 39.4 Å². The van der Waals surface area contributed by atoms with Gasteiger partial charge in [-0.15, -0.1) is 0 Å².